The SMILES string of the molecule is COC(=O)CN(c1ccc2c(c1)nc(SCc1ccc(C(=N)N)cc1)n2C)S(=O)(=O)c1cccc2cccnc12. The summed E-state index contributed by atoms with van der Waals surface area (Å²) in [4.78, 5) is 21.4. The second kappa shape index (κ2) is 11.0. The molecule has 0 spiro atoms. The summed E-state index contributed by atoms with van der Waals surface area (Å²) in [7, 11) is -1.10. The van der Waals surface area contributed by atoms with Crippen LogP contribution in [-0.2, 0) is 32.4 Å². The van der Waals surface area contributed by atoms with Gasteiger partial charge in [0, 0.05) is 29.9 Å². The van der Waals surface area contributed by atoms with Gasteiger partial charge in [0.1, 0.15) is 17.3 Å². The zero-order valence-electron chi connectivity index (χ0n) is 21.7. The molecule has 0 aliphatic rings. The van der Waals surface area contributed by atoms with E-state index in [1.54, 1.807) is 54.6 Å². The molecule has 2 heterocycles. The van der Waals surface area contributed by atoms with Gasteiger partial charge in [-0.05, 0) is 35.9 Å². The molecule has 5 rings (SSSR count). The smallest absolute Gasteiger partial charge is 0.326 e. The Balaban J connectivity index is 1.50. The number of para-hydroxylation sites is 1. The molecule has 0 saturated heterocycles. The molecule has 3 aromatic carbocycles. The molecule has 0 saturated carbocycles. The van der Waals surface area contributed by atoms with Gasteiger partial charge in [-0.3, -0.25) is 19.5 Å². The predicted molar refractivity (Wildman–Crippen MR) is 156 cm³/mol. The molecule has 10 nitrogen and oxygen atoms in total. The van der Waals surface area contributed by atoms with Crippen molar-refractivity contribution in [2.24, 2.45) is 12.8 Å². The lowest BCUT2D eigenvalue weighted by atomic mass is 10.1. The lowest BCUT2D eigenvalue weighted by Gasteiger charge is -2.24. The van der Waals surface area contributed by atoms with E-state index in [4.69, 9.17) is 20.9 Å². The maximum Gasteiger partial charge on any atom is 0.326 e. The number of aromatic nitrogens is 3. The molecule has 0 fully saturated rings. The lowest BCUT2D eigenvalue weighted by molar-refractivity contribution is -0.138. The van der Waals surface area contributed by atoms with Crippen LogP contribution < -0.4 is 10.0 Å². The van der Waals surface area contributed by atoms with E-state index in [0.717, 1.165) is 20.5 Å². The van der Waals surface area contributed by atoms with E-state index in [0.29, 0.717) is 27.7 Å². The van der Waals surface area contributed by atoms with Crippen LogP contribution in [0.5, 0.6) is 0 Å². The summed E-state index contributed by atoms with van der Waals surface area (Å²) in [5, 5.41) is 8.95. The molecule has 0 radical (unpaired) electrons. The van der Waals surface area contributed by atoms with Crippen LogP contribution in [0.4, 0.5) is 5.69 Å². The van der Waals surface area contributed by atoms with Crippen LogP contribution in [0.15, 0.2) is 89.0 Å². The first kappa shape index (κ1) is 27.2. The molecule has 12 heteroatoms. The van der Waals surface area contributed by atoms with E-state index in [1.165, 1.54) is 31.1 Å². The Bertz CT molecular complexity index is 1850. The van der Waals surface area contributed by atoms with Gasteiger partial charge in [-0.25, -0.2) is 13.4 Å². The van der Waals surface area contributed by atoms with Crippen molar-refractivity contribution in [3.63, 3.8) is 0 Å². The van der Waals surface area contributed by atoms with Gasteiger partial charge in [-0.15, -0.1) is 0 Å². The van der Waals surface area contributed by atoms with E-state index in [-0.39, 0.29) is 16.4 Å². The number of thioether (sulfide) groups is 1. The van der Waals surface area contributed by atoms with E-state index < -0.39 is 22.5 Å². The van der Waals surface area contributed by atoms with Gasteiger partial charge in [0.2, 0.25) is 0 Å². The molecule has 0 amide bonds. The molecule has 2 aromatic heterocycles. The number of imidazole rings is 1. The molecule has 0 aliphatic carbocycles. The minimum absolute atomic E-state index is 0.0114. The van der Waals surface area contributed by atoms with Gasteiger partial charge in [-0.1, -0.05) is 54.2 Å². The number of amidine groups is 1. The fourth-order valence-electron chi connectivity index (χ4n) is 4.28. The van der Waals surface area contributed by atoms with Crippen molar-refractivity contribution in [1.29, 1.82) is 5.41 Å². The largest absolute Gasteiger partial charge is 0.468 e. The van der Waals surface area contributed by atoms with Crippen LogP contribution in [0.1, 0.15) is 11.1 Å². The van der Waals surface area contributed by atoms with Crippen LogP contribution in [0, 0.1) is 5.41 Å². The fourth-order valence-corrected chi connectivity index (χ4v) is 6.79. The van der Waals surface area contributed by atoms with Crippen molar-refractivity contribution in [2.75, 3.05) is 18.0 Å². The number of ether oxygens (including phenoxy) is 1. The Hall–Kier alpha value is -4.42. The minimum atomic E-state index is -4.21. The summed E-state index contributed by atoms with van der Waals surface area (Å²) in [5.74, 6) is -0.0469. The third kappa shape index (κ3) is 5.23. The number of carbonyl (C=O) groups is 1. The molecule has 0 bridgehead atoms. The first-order chi connectivity index (χ1) is 19.2. The number of carbonyl (C=O) groups excluding carboxylic acids is 1. The first-order valence-corrected chi connectivity index (χ1v) is 14.6. The Morgan fingerprint density at radius 1 is 1.10 bits per heavy atom. The van der Waals surface area contributed by atoms with Gasteiger partial charge < -0.3 is 15.0 Å². The number of pyridine rings is 1. The van der Waals surface area contributed by atoms with E-state index >= 15 is 0 Å². The molecule has 204 valence electrons. The monoisotopic (exact) mass is 574 g/mol. The quantitative estimate of drug-likeness (QED) is 0.116. The summed E-state index contributed by atoms with van der Waals surface area (Å²) in [5.41, 5.74) is 9.22. The van der Waals surface area contributed by atoms with Crippen LogP contribution in [0.25, 0.3) is 21.9 Å². The second-order valence-corrected chi connectivity index (χ2v) is 11.7. The number of anilines is 1. The van der Waals surface area contributed by atoms with Crippen LogP contribution in [0.2, 0.25) is 0 Å². The highest BCUT2D eigenvalue weighted by atomic mass is 32.2. The van der Waals surface area contributed by atoms with Gasteiger partial charge in [0.05, 0.1) is 29.3 Å². The molecule has 3 N–H and O–H groups in total. The van der Waals surface area contributed by atoms with E-state index in [2.05, 4.69) is 4.98 Å². The third-order valence-electron chi connectivity index (χ3n) is 6.41. The highest BCUT2D eigenvalue weighted by Gasteiger charge is 2.30. The molecule has 0 unspecified atom stereocenters. The predicted octanol–water partition coefficient (Wildman–Crippen LogP) is 4.07. The third-order valence-corrected chi connectivity index (χ3v) is 9.31. The van der Waals surface area contributed by atoms with Crippen molar-refractivity contribution in [1.82, 2.24) is 14.5 Å². The number of hydrogen-bond donors (Lipinski definition) is 2. The molecule has 40 heavy (non-hydrogen) atoms. The summed E-state index contributed by atoms with van der Waals surface area (Å²) >= 11 is 1.53. The second-order valence-electron chi connectivity index (χ2n) is 8.94. The summed E-state index contributed by atoms with van der Waals surface area (Å²) in [6, 6.07) is 21.0. The number of sulfonamides is 1. The number of aryl methyl sites for hydroxylation is 1. The van der Waals surface area contributed by atoms with E-state index in [1.807, 2.05) is 23.7 Å². The first-order valence-electron chi connectivity index (χ1n) is 12.1. The average Bonchev–Trinajstić information content (AvgIpc) is 3.28. The number of esters is 1. The summed E-state index contributed by atoms with van der Waals surface area (Å²) in [6.45, 7) is -0.516. The number of hydrogen-bond acceptors (Lipinski definition) is 8. The molecule has 0 aliphatic heterocycles. The summed E-state index contributed by atoms with van der Waals surface area (Å²) < 4.78 is 35.7. The molecular weight excluding hydrogens is 548 g/mol. The Morgan fingerprint density at radius 3 is 2.58 bits per heavy atom. The van der Waals surface area contributed by atoms with Crippen LogP contribution in [-0.4, -0.2) is 48.4 Å². The van der Waals surface area contributed by atoms with Crippen LogP contribution in [0.3, 0.4) is 0 Å². The molecular formula is C28H26N6O4S2. The number of methoxy groups -OCH3 is 1. The lowest BCUT2D eigenvalue weighted by Crippen LogP contribution is -2.36. The van der Waals surface area contributed by atoms with Gasteiger partial charge in [0.15, 0.2) is 5.16 Å². The Morgan fingerprint density at radius 2 is 1.85 bits per heavy atom. The number of benzene rings is 3. The highest BCUT2D eigenvalue weighted by molar-refractivity contribution is 7.98. The number of rotatable bonds is 9. The van der Waals surface area contributed by atoms with Gasteiger partial charge in [0.25, 0.3) is 10.0 Å². The van der Waals surface area contributed by atoms with Crippen molar-refractivity contribution < 1.29 is 17.9 Å². The minimum Gasteiger partial charge on any atom is -0.468 e. The maximum absolute atomic E-state index is 14.0. The number of nitrogens with two attached hydrogens (primary N) is 1. The van der Waals surface area contributed by atoms with Gasteiger partial charge in [-0.2, -0.15) is 0 Å². The maximum atomic E-state index is 14.0. The number of nitrogen functional groups attached to an aromatic ring is 1. The van der Waals surface area contributed by atoms with Crippen molar-refractivity contribution in [2.45, 2.75) is 15.8 Å². The van der Waals surface area contributed by atoms with E-state index in [9.17, 15) is 13.2 Å². The Labute approximate surface area is 235 Å². The zero-order valence-corrected chi connectivity index (χ0v) is 23.4. The van der Waals surface area contributed by atoms with Crippen LogP contribution >= 0.6 is 11.8 Å². The summed E-state index contributed by atoms with van der Waals surface area (Å²) in [6.07, 6.45) is 1.53. The number of nitrogens with zero attached hydrogens (tertiary/aromatic N) is 4. The average molecular weight is 575 g/mol. The standard InChI is InChI=1S/C28H26N6O4S2/c1-33-23-13-12-21(15-22(23)32-28(33)39-17-18-8-10-20(11-9-18)27(29)30)34(16-25(35)38-2)40(36,37)24-7-3-5-19-6-4-14-31-26(19)24/h3-15H,16-17H2,1-2H3,(H3,29,30). The number of nitrogens with one attached hydrogen (secondary N) is 1. The topological polar surface area (TPSA) is 144 Å². The van der Waals surface area contributed by atoms with Crippen molar-refractivity contribution in [3.8, 4) is 0 Å². The van der Waals surface area contributed by atoms with Gasteiger partial charge >= 0.3 is 5.97 Å². The zero-order chi connectivity index (χ0) is 28.4. The normalized spacial score (nSPS) is 11.6. The molecule has 0 atom stereocenters. The Kier molecular flexibility index (Phi) is 7.46. The highest BCUT2D eigenvalue weighted by Crippen LogP contribution is 2.32. The fraction of sp³-hybridized carbons (Fsp3) is 0.143. The number of fused-ring (bicyclic) bond motifs is 2. The molecule has 5 aromatic rings. The van der Waals surface area contributed by atoms with Crippen molar-refractivity contribution in [3.05, 3.63) is 90.1 Å². The van der Waals surface area contributed by atoms with Crippen molar-refractivity contribution >= 4 is 61.2 Å².